The van der Waals surface area contributed by atoms with E-state index in [0.717, 1.165) is 12.0 Å². The maximum Gasteiger partial charge on any atom is 0.179 e. The Bertz CT molecular complexity index is 315. The lowest BCUT2D eigenvalue weighted by Gasteiger charge is -2.11. The number of halogens is 1. The largest absolute Gasteiger partial charge is 0.493 e. The predicted molar refractivity (Wildman–Crippen MR) is 57.3 cm³/mol. The van der Waals surface area contributed by atoms with Gasteiger partial charge in [-0.1, -0.05) is 11.6 Å². The van der Waals surface area contributed by atoms with Crippen molar-refractivity contribution in [1.29, 1.82) is 0 Å². The lowest BCUT2D eigenvalue weighted by Crippen LogP contribution is -2.03. The van der Waals surface area contributed by atoms with Gasteiger partial charge in [0.2, 0.25) is 0 Å². The summed E-state index contributed by atoms with van der Waals surface area (Å²) in [4.78, 5) is 0. The fourth-order valence-electron chi connectivity index (χ4n) is 1.28. The van der Waals surface area contributed by atoms with Crippen LogP contribution in [0.15, 0.2) is 12.1 Å². The Morgan fingerprint density at radius 1 is 1.29 bits per heavy atom. The number of benzene rings is 1. The van der Waals surface area contributed by atoms with Gasteiger partial charge in [0.15, 0.2) is 11.5 Å². The molecule has 0 amide bonds. The molecule has 1 aromatic carbocycles. The van der Waals surface area contributed by atoms with Gasteiger partial charge in [-0.2, -0.15) is 0 Å². The summed E-state index contributed by atoms with van der Waals surface area (Å²) < 4.78 is 10.3. The molecule has 0 aliphatic heterocycles. The molecule has 0 aromatic heterocycles. The SMILES string of the molecule is COc1cc(CCN)cc(Cl)c1OC. The number of rotatable bonds is 4. The third-order valence-electron chi connectivity index (χ3n) is 1.93. The lowest BCUT2D eigenvalue weighted by atomic mass is 10.1. The zero-order valence-corrected chi connectivity index (χ0v) is 9.10. The van der Waals surface area contributed by atoms with Crippen molar-refractivity contribution in [2.24, 2.45) is 5.73 Å². The summed E-state index contributed by atoms with van der Waals surface area (Å²) in [7, 11) is 3.15. The number of nitrogens with two attached hydrogens (primary N) is 1. The van der Waals surface area contributed by atoms with E-state index in [9.17, 15) is 0 Å². The molecular formula is C10H14ClNO2. The van der Waals surface area contributed by atoms with Crippen LogP contribution in [-0.4, -0.2) is 20.8 Å². The molecule has 4 heteroatoms. The number of hydrogen-bond donors (Lipinski definition) is 1. The maximum absolute atomic E-state index is 6.00. The molecule has 0 spiro atoms. The molecule has 78 valence electrons. The minimum absolute atomic E-state index is 0.551. The van der Waals surface area contributed by atoms with Crippen molar-refractivity contribution >= 4 is 11.6 Å². The summed E-state index contributed by atoms with van der Waals surface area (Å²) in [5.74, 6) is 1.21. The Balaban J connectivity index is 3.10. The molecule has 0 aliphatic rings. The third-order valence-corrected chi connectivity index (χ3v) is 2.21. The lowest BCUT2D eigenvalue weighted by molar-refractivity contribution is 0.354. The second-order valence-electron chi connectivity index (χ2n) is 2.85. The van der Waals surface area contributed by atoms with E-state index in [4.69, 9.17) is 26.8 Å². The van der Waals surface area contributed by atoms with E-state index in [1.165, 1.54) is 0 Å². The van der Waals surface area contributed by atoms with Crippen molar-refractivity contribution in [3.05, 3.63) is 22.7 Å². The van der Waals surface area contributed by atoms with Crippen LogP contribution in [0.2, 0.25) is 5.02 Å². The van der Waals surface area contributed by atoms with E-state index >= 15 is 0 Å². The smallest absolute Gasteiger partial charge is 0.179 e. The van der Waals surface area contributed by atoms with Crippen molar-refractivity contribution in [3.8, 4) is 11.5 Å². The van der Waals surface area contributed by atoms with Crippen LogP contribution < -0.4 is 15.2 Å². The first-order valence-electron chi connectivity index (χ1n) is 4.33. The summed E-state index contributed by atoms with van der Waals surface area (Å²) in [6.07, 6.45) is 0.778. The second-order valence-corrected chi connectivity index (χ2v) is 3.26. The molecule has 0 radical (unpaired) electrons. The summed E-state index contributed by atoms with van der Waals surface area (Å²) in [5.41, 5.74) is 6.51. The molecule has 0 fully saturated rings. The van der Waals surface area contributed by atoms with E-state index in [2.05, 4.69) is 0 Å². The Morgan fingerprint density at radius 2 is 2.00 bits per heavy atom. The van der Waals surface area contributed by atoms with Crippen LogP contribution >= 0.6 is 11.6 Å². The normalized spacial score (nSPS) is 10.0. The highest BCUT2D eigenvalue weighted by Crippen LogP contribution is 2.35. The summed E-state index contributed by atoms with van der Waals surface area (Å²) in [6.45, 7) is 0.589. The minimum Gasteiger partial charge on any atom is -0.493 e. The average molecular weight is 216 g/mol. The van der Waals surface area contributed by atoms with E-state index in [0.29, 0.717) is 23.1 Å². The highest BCUT2D eigenvalue weighted by atomic mass is 35.5. The Hall–Kier alpha value is -0.930. The van der Waals surface area contributed by atoms with Gasteiger partial charge in [-0.3, -0.25) is 0 Å². The Morgan fingerprint density at radius 3 is 2.50 bits per heavy atom. The molecular weight excluding hydrogens is 202 g/mol. The van der Waals surface area contributed by atoms with E-state index in [1.54, 1.807) is 14.2 Å². The van der Waals surface area contributed by atoms with Crippen molar-refractivity contribution < 1.29 is 9.47 Å². The molecule has 0 saturated carbocycles. The predicted octanol–water partition coefficient (Wildman–Crippen LogP) is 1.86. The standard InChI is InChI=1S/C10H14ClNO2/c1-13-9-6-7(3-4-12)5-8(11)10(9)14-2/h5-6H,3-4,12H2,1-2H3. The number of methoxy groups -OCH3 is 2. The van der Waals surface area contributed by atoms with Gasteiger partial charge in [0.1, 0.15) is 0 Å². The fraction of sp³-hybridized carbons (Fsp3) is 0.400. The zero-order chi connectivity index (χ0) is 10.6. The molecule has 0 bridgehead atoms. The minimum atomic E-state index is 0.551. The van der Waals surface area contributed by atoms with E-state index in [1.807, 2.05) is 12.1 Å². The first-order chi connectivity index (χ1) is 6.72. The van der Waals surface area contributed by atoms with Crippen LogP contribution in [0.1, 0.15) is 5.56 Å². The molecule has 0 aliphatic carbocycles. The van der Waals surface area contributed by atoms with Crippen molar-refractivity contribution in [3.63, 3.8) is 0 Å². The number of ether oxygens (including phenoxy) is 2. The molecule has 14 heavy (non-hydrogen) atoms. The van der Waals surface area contributed by atoms with Gasteiger partial charge >= 0.3 is 0 Å². The highest BCUT2D eigenvalue weighted by Gasteiger charge is 2.09. The average Bonchev–Trinajstić information content (AvgIpc) is 2.17. The van der Waals surface area contributed by atoms with Crippen molar-refractivity contribution in [1.82, 2.24) is 0 Å². The summed E-state index contributed by atoms with van der Waals surface area (Å²) in [6, 6.07) is 3.73. The van der Waals surface area contributed by atoms with Crippen molar-refractivity contribution in [2.45, 2.75) is 6.42 Å². The molecule has 0 heterocycles. The quantitative estimate of drug-likeness (QED) is 0.834. The first-order valence-corrected chi connectivity index (χ1v) is 4.71. The summed E-state index contributed by atoms with van der Waals surface area (Å²) in [5, 5.41) is 0.551. The van der Waals surface area contributed by atoms with E-state index in [-0.39, 0.29) is 0 Å². The molecule has 0 saturated heterocycles. The van der Waals surface area contributed by atoms with Crippen LogP contribution in [0.5, 0.6) is 11.5 Å². The maximum atomic E-state index is 6.00. The van der Waals surface area contributed by atoms with E-state index < -0.39 is 0 Å². The van der Waals surface area contributed by atoms with Gasteiger partial charge in [-0.25, -0.2) is 0 Å². The van der Waals surface area contributed by atoms with Gasteiger partial charge in [0.25, 0.3) is 0 Å². The van der Waals surface area contributed by atoms with Crippen LogP contribution in [0.3, 0.4) is 0 Å². The van der Waals surface area contributed by atoms with Gasteiger partial charge in [0.05, 0.1) is 19.2 Å². The fourth-order valence-corrected chi connectivity index (χ4v) is 1.59. The molecule has 0 atom stereocenters. The van der Waals surface area contributed by atoms with Crippen LogP contribution in [-0.2, 0) is 6.42 Å². The Kier molecular flexibility index (Phi) is 4.04. The van der Waals surface area contributed by atoms with Crippen molar-refractivity contribution in [2.75, 3.05) is 20.8 Å². The topological polar surface area (TPSA) is 44.5 Å². The Labute approximate surface area is 88.8 Å². The number of hydrogen-bond acceptors (Lipinski definition) is 3. The highest BCUT2D eigenvalue weighted by molar-refractivity contribution is 6.32. The van der Waals surface area contributed by atoms with Crippen LogP contribution in [0.25, 0.3) is 0 Å². The molecule has 2 N–H and O–H groups in total. The molecule has 3 nitrogen and oxygen atoms in total. The molecule has 1 aromatic rings. The zero-order valence-electron chi connectivity index (χ0n) is 8.34. The van der Waals surface area contributed by atoms with Gasteiger partial charge in [0, 0.05) is 0 Å². The second kappa shape index (κ2) is 5.08. The first kappa shape index (κ1) is 11.1. The summed E-state index contributed by atoms with van der Waals surface area (Å²) >= 11 is 6.00. The molecule has 0 unspecified atom stereocenters. The van der Waals surface area contributed by atoms with Crippen LogP contribution in [0, 0.1) is 0 Å². The van der Waals surface area contributed by atoms with Gasteiger partial charge in [-0.15, -0.1) is 0 Å². The third kappa shape index (κ3) is 2.30. The van der Waals surface area contributed by atoms with Gasteiger partial charge < -0.3 is 15.2 Å². The van der Waals surface area contributed by atoms with Gasteiger partial charge in [-0.05, 0) is 30.7 Å². The monoisotopic (exact) mass is 215 g/mol. The van der Waals surface area contributed by atoms with Crippen LogP contribution in [0.4, 0.5) is 0 Å². The molecule has 1 rings (SSSR count).